The highest BCUT2D eigenvalue weighted by atomic mass is 32.2. The highest BCUT2D eigenvalue weighted by Gasteiger charge is 2.16. The van der Waals surface area contributed by atoms with Gasteiger partial charge >= 0.3 is 0 Å². The molecule has 0 radical (unpaired) electrons. The summed E-state index contributed by atoms with van der Waals surface area (Å²) in [6.45, 7) is 3.45. The number of hydrogen-bond donors (Lipinski definition) is 1. The molecule has 0 aliphatic carbocycles. The van der Waals surface area contributed by atoms with Crippen molar-refractivity contribution >= 4 is 34.1 Å². The molecular weight excluding hydrogens is 382 g/mol. The zero-order valence-corrected chi connectivity index (χ0v) is 16.3. The third-order valence-corrected chi connectivity index (χ3v) is 6.21. The SMILES string of the molecule is O=C(Nc1nnc(SCCN2CCCC2)s1)c1cc(-c2ccccc2)on1. The van der Waals surface area contributed by atoms with Crippen LogP contribution in [0.5, 0.6) is 0 Å². The van der Waals surface area contributed by atoms with Crippen molar-refractivity contribution in [3.05, 3.63) is 42.1 Å². The molecule has 1 aromatic carbocycles. The molecule has 140 valence electrons. The number of amides is 1. The van der Waals surface area contributed by atoms with Crippen molar-refractivity contribution in [3.63, 3.8) is 0 Å². The second-order valence-corrected chi connectivity index (χ2v) is 8.49. The van der Waals surface area contributed by atoms with E-state index in [1.165, 1.54) is 37.3 Å². The molecule has 0 spiro atoms. The van der Waals surface area contributed by atoms with Gasteiger partial charge in [0.1, 0.15) is 0 Å². The first-order valence-corrected chi connectivity index (χ1v) is 10.6. The fourth-order valence-corrected chi connectivity index (χ4v) is 4.69. The Balaban J connectivity index is 1.31. The maximum absolute atomic E-state index is 12.3. The normalized spacial score (nSPS) is 14.5. The molecule has 3 heterocycles. The van der Waals surface area contributed by atoms with E-state index in [1.54, 1.807) is 17.8 Å². The van der Waals surface area contributed by atoms with Gasteiger partial charge in [-0.2, -0.15) is 0 Å². The van der Waals surface area contributed by atoms with Crippen LogP contribution in [0.4, 0.5) is 5.13 Å². The van der Waals surface area contributed by atoms with E-state index in [-0.39, 0.29) is 11.6 Å². The molecule has 1 aliphatic rings. The van der Waals surface area contributed by atoms with Crippen molar-refractivity contribution in [2.75, 3.05) is 30.7 Å². The number of likely N-dealkylation sites (tertiary alicyclic amines) is 1. The van der Waals surface area contributed by atoms with E-state index in [2.05, 4.69) is 25.6 Å². The fraction of sp³-hybridized carbons (Fsp3) is 0.333. The molecular formula is C18H19N5O2S2. The number of nitrogens with one attached hydrogen (secondary N) is 1. The number of benzene rings is 1. The van der Waals surface area contributed by atoms with E-state index in [4.69, 9.17) is 4.52 Å². The standard InChI is InChI=1S/C18H19N5O2S2/c24-16(14-12-15(25-22-14)13-6-2-1-3-7-13)19-17-20-21-18(27-17)26-11-10-23-8-4-5-9-23/h1-3,6-7,12H,4-5,8-11H2,(H,19,20,24). The predicted molar refractivity (Wildman–Crippen MR) is 106 cm³/mol. The first-order chi connectivity index (χ1) is 13.3. The highest BCUT2D eigenvalue weighted by molar-refractivity contribution is 8.01. The van der Waals surface area contributed by atoms with Crippen LogP contribution in [0, 0.1) is 0 Å². The first kappa shape index (κ1) is 18.1. The number of aromatic nitrogens is 3. The molecule has 1 aliphatic heterocycles. The fourth-order valence-electron chi connectivity index (χ4n) is 2.87. The molecule has 0 atom stereocenters. The Kier molecular flexibility index (Phi) is 5.81. The van der Waals surface area contributed by atoms with Gasteiger partial charge < -0.3 is 9.42 Å². The van der Waals surface area contributed by atoms with Gasteiger partial charge in [-0.15, -0.1) is 10.2 Å². The minimum absolute atomic E-state index is 0.215. The number of anilines is 1. The van der Waals surface area contributed by atoms with Crippen LogP contribution in [0.25, 0.3) is 11.3 Å². The van der Waals surface area contributed by atoms with Crippen molar-refractivity contribution in [3.8, 4) is 11.3 Å². The quantitative estimate of drug-likeness (QED) is 0.478. The summed E-state index contributed by atoms with van der Waals surface area (Å²) in [6.07, 6.45) is 2.60. The van der Waals surface area contributed by atoms with E-state index < -0.39 is 0 Å². The molecule has 1 saturated heterocycles. The molecule has 0 saturated carbocycles. The second kappa shape index (κ2) is 8.64. The van der Waals surface area contributed by atoms with Gasteiger partial charge in [0.15, 0.2) is 15.8 Å². The Bertz CT molecular complexity index is 890. The Morgan fingerprint density at radius 2 is 2.04 bits per heavy atom. The number of hydrogen-bond acceptors (Lipinski definition) is 8. The Hall–Kier alpha value is -2.23. The summed E-state index contributed by atoms with van der Waals surface area (Å²) in [5.41, 5.74) is 1.09. The third kappa shape index (κ3) is 4.74. The molecule has 0 unspecified atom stereocenters. The van der Waals surface area contributed by atoms with Crippen molar-refractivity contribution in [1.29, 1.82) is 0 Å². The number of carbonyl (C=O) groups excluding carboxylic acids is 1. The molecule has 1 N–H and O–H groups in total. The Morgan fingerprint density at radius 3 is 2.85 bits per heavy atom. The molecule has 4 rings (SSSR count). The molecule has 27 heavy (non-hydrogen) atoms. The van der Waals surface area contributed by atoms with Gasteiger partial charge in [0.2, 0.25) is 5.13 Å². The van der Waals surface area contributed by atoms with Crippen LogP contribution in [0.2, 0.25) is 0 Å². The Labute approximate surface area is 165 Å². The highest BCUT2D eigenvalue weighted by Crippen LogP contribution is 2.26. The number of rotatable bonds is 7. The van der Waals surface area contributed by atoms with E-state index >= 15 is 0 Å². The Morgan fingerprint density at radius 1 is 1.22 bits per heavy atom. The van der Waals surface area contributed by atoms with Gasteiger partial charge in [-0.25, -0.2) is 0 Å². The summed E-state index contributed by atoms with van der Waals surface area (Å²) in [7, 11) is 0. The lowest BCUT2D eigenvalue weighted by Crippen LogP contribution is -2.21. The van der Waals surface area contributed by atoms with Crippen molar-refractivity contribution in [2.24, 2.45) is 0 Å². The topological polar surface area (TPSA) is 84.2 Å². The van der Waals surface area contributed by atoms with Gasteiger partial charge in [-0.3, -0.25) is 10.1 Å². The molecule has 9 heteroatoms. The van der Waals surface area contributed by atoms with Crippen molar-refractivity contribution in [2.45, 2.75) is 17.2 Å². The second-order valence-electron chi connectivity index (χ2n) is 6.17. The van der Waals surface area contributed by atoms with Gasteiger partial charge in [0, 0.05) is 23.9 Å². The van der Waals surface area contributed by atoms with Crippen LogP contribution in [-0.2, 0) is 0 Å². The first-order valence-electron chi connectivity index (χ1n) is 8.80. The van der Waals surface area contributed by atoms with E-state index in [0.717, 1.165) is 22.2 Å². The van der Waals surface area contributed by atoms with Gasteiger partial charge in [0.05, 0.1) is 0 Å². The zero-order valence-electron chi connectivity index (χ0n) is 14.6. The number of nitrogens with zero attached hydrogens (tertiary/aromatic N) is 4. The summed E-state index contributed by atoms with van der Waals surface area (Å²) < 4.78 is 6.12. The minimum atomic E-state index is -0.356. The summed E-state index contributed by atoms with van der Waals surface area (Å²) >= 11 is 3.04. The summed E-state index contributed by atoms with van der Waals surface area (Å²) in [5, 5.41) is 15.2. The van der Waals surface area contributed by atoms with Crippen LogP contribution >= 0.6 is 23.1 Å². The summed E-state index contributed by atoms with van der Waals surface area (Å²) in [4.78, 5) is 14.8. The summed E-state index contributed by atoms with van der Waals surface area (Å²) in [6, 6.07) is 11.2. The van der Waals surface area contributed by atoms with Gasteiger partial charge in [-0.1, -0.05) is 58.6 Å². The van der Waals surface area contributed by atoms with Crippen LogP contribution in [0.3, 0.4) is 0 Å². The van der Waals surface area contributed by atoms with Crippen LogP contribution in [-0.4, -0.2) is 51.5 Å². The smallest absolute Gasteiger partial charge is 0.279 e. The predicted octanol–water partition coefficient (Wildman–Crippen LogP) is 3.63. The van der Waals surface area contributed by atoms with Crippen LogP contribution < -0.4 is 5.32 Å². The molecule has 3 aromatic rings. The molecule has 7 nitrogen and oxygen atoms in total. The van der Waals surface area contributed by atoms with Crippen LogP contribution in [0.1, 0.15) is 23.3 Å². The maximum atomic E-state index is 12.3. The average Bonchev–Trinajstić information content (AvgIpc) is 3.45. The largest absolute Gasteiger partial charge is 0.355 e. The van der Waals surface area contributed by atoms with Gasteiger partial charge in [-0.05, 0) is 25.9 Å². The lowest BCUT2D eigenvalue weighted by molar-refractivity contribution is 0.101. The van der Waals surface area contributed by atoms with E-state index in [1.807, 2.05) is 30.3 Å². The minimum Gasteiger partial charge on any atom is -0.355 e. The van der Waals surface area contributed by atoms with Crippen LogP contribution in [0.15, 0.2) is 45.3 Å². The molecule has 2 aromatic heterocycles. The number of thioether (sulfide) groups is 1. The van der Waals surface area contributed by atoms with E-state index in [9.17, 15) is 4.79 Å². The number of carbonyl (C=O) groups is 1. The van der Waals surface area contributed by atoms with Gasteiger partial charge in [0.25, 0.3) is 5.91 Å². The molecule has 0 bridgehead atoms. The maximum Gasteiger partial charge on any atom is 0.279 e. The average molecular weight is 402 g/mol. The van der Waals surface area contributed by atoms with Crippen molar-refractivity contribution in [1.82, 2.24) is 20.3 Å². The monoisotopic (exact) mass is 401 g/mol. The summed E-state index contributed by atoms with van der Waals surface area (Å²) in [5.74, 6) is 1.17. The van der Waals surface area contributed by atoms with Crippen molar-refractivity contribution < 1.29 is 9.32 Å². The van der Waals surface area contributed by atoms with E-state index in [0.29, 0.717) is 10.9 Å². The zero-order chi connectivity index (χ0) is 18.5. The lowest BCUT2D eigenvalue weighted by atomic mass is 10.1. The molecule has 1 amide bonds. The molecule has 1 fully saturated rings. The third-order valence-electron chi connectivity index (χ3n) is 4.26. The lowest BCUT2D eigenvalue weighted by Gasteiger charge is -2.12.